The van der Waals surface area contributed by atoms with E-state index in [0.717, 1.165) is 37.5 Å². The summed E-state index contributed by atoms with van der Waals surface area (Å²) in [7, 11) is 0. The van der Waals surface area contributed by atoms with Crippen LogP contribution in [0.1, 0.15) is 65.7 Å². The molecule has 124 valence electrons. The number of carbonyl (C=O) groups excluding carboxylic acids is 1. The highest BCUT2D eigenvalue weighted by Crippen LogP contribution is 2.65. The topological polar surface area (TPSA) is 49.3 Å². The Morgan fingerprint density at radius 3 is 2.73 bits per heavy atom. The van der Waals surface area contributed by atoms with Crippen LogP contribution in [0.15, 0.2) is 0 Å². The number of amides is 1. The third kappa shape index (κ3) is 1.93. The molecule has 0 aromatic rings. The molecule has 1 aliphatic heterocycles. The smallest absolute Gasteiger partial charge is 0.220 e. The van der Waals surface area contributed by atoms with Crippen molar-refractivity contribution in [3.63, 3.8) is 0 Å². The molecular formula is C19H31NO2. The Labute approximate surface area is 134 Å². The number of aliphatic hydroxyl groups is 1. The molecule has 0 bridgehead atoms. The molecule has 3 nitrogen and oxygen atoms in total. The lowest BCUT2D eigenvalue weighted by Crippen LogP contribution is -2.62. The molecule has 4 rings (SSSR count). The van der Waals surface area contributed by atoms with Gasteiger partial charge in [0.2, 0.25) is 5.91 Å². The molecule has 4 fully saturated rings. The molecule has 1 heterocycles. The maximum Gasteiger partial charge on any atom is 0.220 e. The zero-order valence-corrected chi connectivity index (χ0v) is 14.3. The van der Waals surface area contributed by atoms with Crippen LogP contribution in [-0.2, 0) is 4.79 Å². The van der Waals surface area contributed by atoms with E-state index in [0.29, 0.717) is 29.7 Å². The Morgan fingerprint density at radius 2 is 1.95 bits per heavy atom. The van der Waals surface area contributed by atoms with E-state index in [9.17, 15) is 9.90 Å². The second kappa shape index (κ2) is 4.72. The van der Waals surface area contributed by atoms with E-state index in [4.69, 9.17) is 0 Å². The Bertz CT molecular complexity index is 492. The number of piperidine rings is 1. The fourth-order valence-corrected chi connectivity index (χ4v) is 7.07. The summed E-state index contributed by atoms with van der Waals surface area (Å²) in [4.78, 5) is 11.9. The minimum Gasteiger partial charge on any atom is -0.393 e. The molecular weight excluding hydrogens is 274 g/mol. The van der Waals surface area contributed by atoms with Gasteiger partial charge in [0.15, 0.2) is 0 Å². The molecule has 0 aromatic heterocycles. The van der Waals surface area contributed by atoms with Gasteiger partial charge < -0.3 is 10.4 Å². The minimum atomic E-state index is -0.0856. The SMILES string of the molecule is C[C@H]1C[C@H]2NC(=O)CC[C@]2(C)[C@H]2CC[C@]3(C)C[C@H](O)C[C@H]3[C@H]12. The number of nitrogens with one attached hydrogen (secondary N) is 1. The summed E-state index contributed by atoms with van der Waals surface area (Å²) < 4.78 is 0. The maximum absolute atomic E-state index is 11.9. The van der Waals surface area contributed by atoms with Crippen molar-refractivity contribution in [2.45, 2.75) is 77.9 Å². The maximum atomic E-state index is 11.9. The first-order valence-electron chi connectivity index (χ1n) is 9.31. The van der Waals surface area contributed by atoms with Crippen molar-refractivity contribution in [3.8, 4) is 0 Å². The van der Waals surface area contributed by atoms with E-state index < -0.39 is 0 Å². The van der Waals surface area contributed by atoms with Gasteiger partial charge in [-0.05, 0) is 73.0 Å². The van der Waals surface area contributed by atoms with Crippen molar-refractivity contribution in [2.24, 2.45) is 34.5 Å². The molecule has 8 atom stereocenters. The summed E-state index contributed by atoms with van der Waals surface area (Å²) in [6.07, 6.45) is 7.37. The molecule has 0 spiro atoms. The van der Waals surface area contributed by atoms with Crippen molar-refractivity contribution in [3.05, 3.63) is 0 Å². The van der Waals surface area contributed by atoms with Crippen molar-refractivity contribution in [1.82, 2.24) is 5.32 Å². The first-order valence-corrected chi connectivity index (χ1v) is 9.31. The van der Waals surface area contributed by atoms with Gasteiger partial charge in [0.25, 0.3) is 0 Å². The Hall–Kier alpha value is -0.570. The van der Waals surface area contributed by atoms with Gasteiger partial charge in [-0.2, -0.15) is 0 Å². The average molecular weight is 305 g/mol. The highest BCUT2D eigenvalue weighted by Gasteiger charge is 2.61. The molecule has 3 aliphatic carbocycles. The van der Waals surface area contributed by atoms with Gasteiger partial charge >= 0.3 is 0 Å². The van der Waals surface area contributed by atoms with Gasteiger partial charge in [-0.3, -0.25) is 4.79 Å². The summed E-state index contributed by atoms with van der Waals surface area (Å²) in [5.74, 6) is 3.07. The third-order valence-electron chi connectivity index (χ3n) is 8.21. The van der Waals surface area contributed by atoms with E-state index in [-0.39, 0.29) is 17.4 Å². The van der Waals surface area contributed by atoms with Crippen LogP contribution in [0.5, 0.6) is 0 Å². The number of carbonyl (C=O) groups is 1. The van der Waals surface area contributed by atoms with Crippen LogP contribution in [0.25, 0.3) is 0 Å². The Balaban J connectivity index is 1.68. The zero-order chi connectivity index (χ0) is 15.7. The summed E-state index contributed by atoms with van der Waals surface area (Å²) in [6, 6.07) is 0.376. The number of rotatable bonds is 0. The van der Waals surface area contributed by atoms with Crippen LogP contribution in [0.2, 0.25) is 0 Å². The van der Waals surface area contributed by atoms with Crippen LogP contribution < -0.4 is 5.32 Å². The van der Waals surface area contributed by atoms with Crippen molar-refractivity contribution in [1.29, 1.82) is 0 Å². The second-order valence-corrected chi connectivity index (χ2v) is 9.42. The molecule has 1 amide bonds. The largest absolute Gasteiger partial charge is 0.393 e. The first-order chi connectivity index (χ1) is 10.3. The molecule has 3 heteroatoms. The van der Waals surface area contributed by atoms with Gasteiger partial charge in [0.05, 0.1) is 6.10 Å². The number of fused-ring (bicyclic) bond motifs is 5. The second-order valence-electron chi connectivity index (χ2n) is 9.42. The average Bonchev–Trinajstić information content (AvgIpc) is 2.75. The lowest BCUT2D eigenvalue weighted by molar-refractivity contribution is -0.141. The summed E-state index contributed by atoms with van der Waals surface area (Å²) >= 11 is 0. The fraction of sp³-hybridized carbons (Fsp3) is 0.947. The standard InChI is InChI=1S/C19H31NO2/c1-11-8-15-19(3,7-5-16(22)20-15)13-4-6-18(2)10-12(21)9-14(18)17(11)13/h11-15,17,21H,4-10H2,1-3H3,(H,20,22)/t11-,12+,13-,14-,15+,17+,18+,19+/m0/s1. The lowest BCUT2D eigenvalue weighted by Gasteiger charge is -2.61. The summed E-state index contributed by atoms with van der Waals surface area (Å²) in [6.45, 7) is 7.26. The molecule has 3 saturated carbocycles. The van der Waals surface area contributed by atoms with Gasteiger partial charge in [-0.1, -0.05) is 20.8 Å². The van der Waals surface area contributed by atoms with Crippen LogP contribution in [-0.4, -0.2) is 23.2 Å². The van der Waals surface area contributed by atoms with Crippen molar-refractivity contribution < 1.29 is 9.90 Å². The monoisotopic (exact) mass is 305 g/mol. The van der Waals surface area contributed by atoms with Crippen molar-refractivity contribution in [2.75, 3.05) is 0 Å². The van der Waals surface area contributed by atoms with Gasteiger partial charge in [-0.15, -0.1) is 0 Å². The molecule has 2 N–H and O–H groups in total. The Kier molecular flexibility index (Phi) is 3.21. The highest BCUT2D eigenvalue weighted by molar-refractivity contribution is 5.77. The van der Waals surface area contributed by atoms with E-state index in [1.54, 1.807) is 0 Å². The minimum absolute atomic E-state index is 0.0856. The quantitative estimate of drug-likeness (QED) is 0.722. The van der Waals surface area contributed by atoms with Crippen LogP contribution in [0.3, 0.4) is 0 Å². The number of aliphatic hydroxyl groups excluding tert-OH is 1. The van der Waals surface area contributed by atoms with E-state index in [1.165, 1.54) is 12.8 Å². The first kappa shape index (κ1) is 15.0. The van der Waals surface area contributed by atoms with Gasteiger partial charge in [-0.25, -0.2) is 0 Å². The van der Waals surface area contributed by atoms with Crippen LogP contribution in [0.4, 0.5) is 0 Å². The predicted octanol–water partition coefficient (Wildman–Crippen LogP) is 3.11. The van der Waals surface area contributed by atoms with Crippen LogP contribution in [0, 0.1) is 34.5 Å². The normalized spacial score (nSPS) is 57.5. The Morgan fingerprint density at radius 1 is 1.18 bits per heavy atom. The van der Waals surface area contributed by atoms with Gasteiger partial charge in [0.1, 0.15) is 0 Å². The summed E-state index contributed by atoms with van der Waals surface area (Å²) in [5.41, 5.74) is 0.635. The molecule has 0 radical (unpaired) electrons. The van der Waals surface area contributed by atoms with E-state index >= 15 is 0 Å². The predicted molar refractivity (Wildman–Crippen MR) is 86.1 cm³/mol. The molecule has 0 aromatic carbocycles. The lowest BCUT2D eigenvalue weighted by atomic mass is 9.45. The molecule has 4 aliphatic rings. The van der Waals surface area contributed by atoms with E-state index in [1.807, 2.05) is 0 Å². The van der Waals surface area contributed by atoms with Crippen molar-refractivity contribution >= 4 is 5.91 Å². The fourth-order valence-electron chi connectivity index (χ4n) is 7.07. The third-order valence-corrected chi connectivity index (χ3v) is 8.21. The van der Waals surface area contributed by atoms with Crippen LogP contribution >= 0.6 is 0 Å². The highest BCUT2D eigenvalue weighted by atomic mass is 16.3. The number of hydrogen-bond donors (Lipinski definition) is 2. The molecule has 0 unspecified atom stereocenters. The zero-order valence-electron chi connectivity index (χ0n) is 14.3. The van der Waals surface area contributed by atoms with Gasteiger partial charge in [0, 0.05) is 12.5 Å². The van der Waals surface area contributed by atoms with E-state index in [2.05, 4.69) is 26.1 Å². The molecule has 22 heavy (non-hydrogen) atoms. The molecule has 1 saturated heterocycles. The number of hydrogen-bond acceptors (Lipinski definition) is 2. The summed E-state index contributed by atoms with van der Waals surface area (Å²) in [5, 5.41) is 13.6.